The first-order chi connectivity index (χ1) is 12.1. The summed E-state index contributed by atoms with van der Waals surface area (Å²) in [4.78, 5) is 24.9. The third-order valence-electron chi connectivity index (χ3n) is 3.83. The summed E-state index contributed by atoms with van der Waals surface area (Å²) in [5.41, 5.74) is 3.16. The second kappa shape index (κ2) is 7.45. The van der Waals surface area contributed by atoms with Crippen molar-refractivity contribution in [1.29, 1.82) is 0 Å². The van der Waals surface area contributed by atoms with Crippen molar-refractivity contribution < 1.29 is 9.59 Å². The van der Waals surface area contributed by atoms with Crippen LogP contribution in [0.1, 0.15) is 26.3 Å². The number of anilines is 2. The largest absolute Gasteiger partial charge is 0.320 e. The van der Waals surface area contributed by atoms with E-state index in [1.807, 2.05) is 55.5 Å². The molecule has 3 aromatic rings. The van der Waals surface area contributed by atoms with Gasteiger partial charge < -0.3 is 10.6 Å². The fourth-order valence-electron chi connectivity index (χ4n) is 2.50. The van der Waals surface area contributed by atoms with E-state index < -0.39 is 0 Å². The molecular weight excluding hydrogens is 312 g/mol. The SMILES string of the molecule is Cc1cccc(NC(=O)c2ccccc2)c1NC(=O)c1ccccc1. The molecule has 0 heterocycles. The van der Waals surface area contributed by atoms with Crippen molar-refractivity contribution in [2.24, 2.45) is 0 Å². The Balaban J connectivity index is 1.85. The van der Waals surface area contributed by atoms with Crippen LogP contribution in [0, 0.1) is 6.92 Å². The van der Waals surface area contributed by atoms with Crippen molar-refractivity contribution in [2.75, 3.05) is 10.6 Å². The molecule has 0 unspecified atom stereocenters. The molecule has 0 saturated carbocycles. The smallest absolute Gasteiger partial charge is 0.255 e. The van der Waals surface area contributed by atoms with E-state index >= 15 is 0 Å². The summed E-state index contributed by atoms with van der Waals surface area (Å²) in [6.45, 7) is 1.89. The summed E-state index contributed by atoms with van der Waals surface area (Å²) < 4.78 is 0. The Hall–Kier alpha value is -3.40. The van der Waals surface area contributed by atoms with Crippen LogP contribution in [0.4, 0.5) is 11.4 Å². The number of carbonyl (C=O) groups excluding carboxylic acids is 2. The van der Waals surface area contributed by atoms with E-state index in [1.165, 1.54) is 0 Å². The molecule has 0 atom stereocenters. The average molecular weight is 330 g/mol. The summed E-state index contributed by atoms with van der Waals surface area (Å²) in [7, 11) is 0. The highest BCUT2D eigenvalue weighted by Crippen LogP contribution is 2.27. The van der Waals surface area contributed by atoms with Crippen LogP contribution in [-0.2, 0) is 0 Å². The number of rotatable bonds is 4. The summed E-state index contributed by atoms with van der Waals surface area (Å²) >= 11 is 0. The molecule has 4 heteroatoms. The zero-order chi connectivity index (χ0) is 17.6. The van der Waals surface area contributed by atoms with Crippen molar-refractivity contribution in [1.82, 2.24) is 0 Å². The predicted molar refractivity (Wildman–Crippen MR) is 100.0 cm³/mol. The highest BCUT2D eigenvalue weighted by molar-refractivity contribution is 6.10. The highest BCUT2D eigenvalue weighted by Gasteiger charge is 2.13. The maximum Gasteiger partial charge on any atom is 0.255 e. The molecule has 4 nitrogen and oxygen atoms in total. The molecule has 0 bridgehead atoms. The Bertz CT molecular complexity index is 890. The second-order valence-corrected chi connectivity index (χ2v) is 5.64. The Labute approximate surface area is 146 Å². The van der Waals surface area contributed by atoms with E-state index in [9.17, 15) is 9.59 Å². The quantitative estimate of drug-likeness (QED) is 0.740. The minimum Gasteiger partial charge on any atom is -0.320 e. The normalized spacial score (nSPS) is 10.1. The Morgan fingerprint density at radius 1 is 0.640 bits per heavy atom. The van der Waals surface area contributed by atoms with E-state index in [2.05, 4.69) is 10.6 Å². The van der Waals surface area contributed by atoms with Gasteiger partial charge in [0.2, 0.25) is 0 Å². The number of benzene rings is 3. The van der Waals surface area contributed by atoms with E-state index in [0.29, 0.717) is 22.5 Å². The number of aryl methyl sites for hydroxylation is 1. The van der Waals surface area contributed by atoms with Crippen LogP contribution in [0.5, 0.6) is 0 Å². The third-order valence-corrected chi connectivity index (χ3v) is 3.83. The maximum atomic E-state index is 12.5. The summed E-state index contributed by atoms with van der Waals surface area (Å²) in [5.74, 6) is -0.438. The van der Waals surface area contributed by atoms with E-state index in [0.717, 1.165) is 5.56 Å². The van der Waals surface area contributed by atoms with E-state index in [4.69, 9.17) is 0 Å². The maximum absolute atomic E-state index is 12.5. The molecule has 124 valence electrons. The minimum atomic E-state index is -0.221. The Morgan fingerprint density at radius 3 is 1.72 bits per heavy atom. The molecule has 0 radical (unpaired) electrons. The number of carbonyl (C=O) groups is 2. The van der Waals surface area contributed by atoms with Crippen LogP contribution in [0.15, 0.2) is 78.9 Å². The van der Waals surface area contributed by atoms with Gasteiger partial charge in [0.1, 0.15) is 0 Å². The zero-order valence-corrected chi connectivity index (χ0v) is 13.8. The number of amides is 2. The average Bonchev–Trinajstić information content (AvgIpc) is 2.66. The van der Waals surface area contributed by atoms with Gasteiger partial charge in [-0.2, -0.15) is 0 Å². The third kappa shape index (κ3) is 3.93. The highest BCUT2D eigenvalue weighted by atomic mass is 16.2. The van der Waals surface area contributed by atoms with E-state index in [-0.39, 0.29) is 11.8 Å². The van der Waals surface area contributed by atoms with Crippen molar-refractivity contribution in [2.45, 2.75) is 6.92 Å². The van der Waals surface area contributed by atoms with Gasteiger partial charge >= 0.3 is 0 Å². The second-order valence-electron chi connectivity index (χ2n) is 5.64. The van der Waals surface area contributed by atoms with Crippen LogP contribution in [0.2, 0.25) is 0 Å². The summed E-state index contributed by atoms with van der Waals surface area (Å²) in [6, 6.07) is 23.4. The molecule has 0 aliphatic heterocycles. The molecule has 0 fully saturated rings. The van der Waals surface area contributed by atoms with Crippen LogP contribution in [-0.4, -0.2) is 11.8 Å². The first-order valence-electron chi connectivity index (χ1n) is 7.97. The molecule has 2 N–H and O–H groups in total. The van der Waals surface area contributed by atoms with Gasteiger partial charge in [-0.05, 0) is 42.8 Å². The first-order valence-corrected chi connectivity index (χ1v) is 7.97. The fraction of sp³-hybridized carbons (Fsp3) is 0.0476. The van der Waals surface area contributed by atoms with Crippen LogP contribution >= 0.6 is 0 Å². The van der Waals surface area contributed by atoms with Gasteiger partial charge in [0, 0.05) is 11.1 Å². The zero-order valence-electron chi connectivity index (χ0n) is 13.8. The molecule has 0 saturated heterocycles. The standard InChI is InChI=1S/C21H18N2O2/c1-15-9-8-14-18(22-20(24)16-10-4-2-5-11-16)19(15)23-21(25)17-12-6-3-7-13-17/h2-14H,1H3,(H,22,24)(H,23,25). The molecule has 0 aliphatic carbocycles. The predicted octanol–water partition coefficient (Wildman–Crippen LogP) is 4.50. The van der Waals surface area contributed by atoms with Crippen molar-refractivity contribution in [3.05, 3.63) is 95.6 Å². The number of para-hydroxylation sites is 1. The van der Waals surface area contributed by atoms with Gasteiger partial charge in [-0.3, -0.25) is 9.59 Å². The minimum absolute atomic E-state index is 0.217. The Kier molecular flexibility index (Phi) is 4.90. The first kappa shape index (κ1) is 16.5. The van der Waals surface area contributed by atoms with Gasteiger partial charge in [-0.25, -0.2) is 0 Å². The summed E-state index contributed by atoms with van der Waals surface area (Å²) in [6.07, 6.45) is 0. The lowest BCUT2D eigenvalue weighted by atomic mass is 10.1. The van der Waals surface area contributed by atoms with Gasteiger partial charge in [-0.1, -0.05) is 48.5 Å². The molecule has 0 spiro atoms. The topological polar surface area (TPSA) is 58.2 Å². The van der Waals surface area contributed by atoms with Crippen LogP contribution in [0.25, 0.3) is 0 Å². The lowest BCUT2D eigenvalue weighted by Crippen LogP contribution is -2.17. The molecule has 3 aromatic carbocycles. The van der Waals surface area contributed by atoms with Gasteiger partial charge in [0.05, 0.1) is 11.4 Å². The number of nitrogens with one attached hydrogen (secondary N) is 2. The number of hydrogen-bond donors (Lipinski definition) is 2. The molecule has 2 amide bonds. The van der Waals surface area contributed by atoms with Crippen molar-refractivity contribution in [3.8, 4) is 0 Å². The molecule has 25 heavy (non-hydrogen) atoms. The molecule has 0 aliphatic rings. The van der Waals surface area contributed by atoms with Crippen LogP contribution < -0.4 is 10.6 Å². The van der Waals surface area contributed by atoms with Crippen LogP contribution in [0.3, 0.4) is 0 Å². The lowest BCUT2D eigenvalue weighted by Gasteiger charge is -2.15. The van der Waals surface area contributed by atoms with Gasteiger partial charge in [-0.15, -0.1) is 0 Å². The fourth-order valence-corrected chi connectivity index (χ4v) is 2.50. The Morgan fingerprint density at radius 2 is 1.16 bits per heavy atom. The van der Waals surface area contributed by atoms with Gasteiger partial charge in [0.25, 0.3) is 11.8 Å². The molecule has 3 rings (SSSR count). The monoisotopic (exact) mass is 330 g/mol. The van der Waals surface area contributed by atoms with E-state index in [1.54, 1.807) is 30.3 Å². The van der Waals surface area contributed by atoms with Crippen molar-refractivity contribution in [3.63, 3.8) is 0 Å². The molecular formula is C21H18N2O2. The number of hydrogen-bond acceptors (Lipinski definition) is 2. The lowest BCUT2D eigenvalue weighted by molar-refractivity contribution is 0.101. The molecule has 0 aromatic heterocycles. The van der Waals surface area contributed by atoms with Crippen molar-refractivity contribution >= 4 is 23.2 Å². The van der Waals surface area contributed by atoms with Gasteiger partial charge in [0.15, 0.2) is 0 Å². The summed E-state index contributed by atoms with van der Waals surface area (Å²) in [5, 5.41) is 5.77.